The van der Waals surface area contributed by atoms with Crippen LogP contribution in [0.15, 0.2) is 24.3 Å². The molecule has 0 saturated carbocycles. The molecule has 1 aromatic carbocycles. The van der Waals surface area contributed by atoms with Gasteiger partial charge >= 0.3 is 6.03 Å². The minimum Gasteiger partial charge on any atom is -0.360 e. The highest BCUT2D eigenvalue weighted by Crippen LogP contribution is 2.15. The summed E-state index contributed by atoms with van der Waals surface area (Å²) in [5.74, 6) is 0.0400. The van der Waals surface area contributed by atoms with Crippen LogP contribution in [-0.2, 0) is 16.2 Å². The fourth-order valence-electron chi connectivity index (χ4n) is 1.99. The first-order valence-corrected chi connectivity index (χ1v) is 6.36. The SMILES string of the molecule is CONC(=O)NCc1ccc(N2CCNC(=O)C2)cc1. The average molecular weight is 278 g/mol. The third-order valence-electron chi connectivity index (χ3n) is 2.99. The van der Waals surface area contributed by atoms with Crippen LogP contribution in [0.5, 0.6) is 0 Å². The minimum atomic E-state index is -0.385. The van der Waals surface area contributed by atoms with Crippen molar-refractivity contribution < 1.29 is 14.4 Å². The lowest BCUT2D eigenvalue weighted by atomic mass is 10.2. The zero-order valence-electron chi connectivity index (χ0n) is 11.3. The molecule has 0 spiro atoms. The zero-order chi connectivity index (χ0) is 14.4. The molecule has 108 valence electrons. The predicted molar refractivity (Wildman–Crippen MR) is 74.0 cm³/mol. The molecule has 0 aliphatic carbocycles. The topological polar surface area (TPSA) is 82.7 Å². The number of hydrogen-bond donors (Lipinski definition) is 3. The molecule has 0 aromatic heterocycles. The van der Waals surface area contributed by atoms with Crippen molar-refractivity contribution >= 4 is 17.6 Å². The van der Waals surface area contributed by atoms with Crippen molar-refractivity contribution in [3.05, 3.63) is 29.8 Å². The molecule has 1 aliphatic rings. The molecule has 7 nitrogen and oxygen atoms in total. The second-order valence-corrected chi connectivity index (χ2v) is 4.43. The van der Waals surface area contributed by atoms with Gasteiger partial charge in [0.25, 0.3) is 0 Å². The number of piperazine rings is 1. The number of nitrogens with one attached hydrogen (secondary N) is 3. The first-order valence-electron chi connectivity index (χ1n) is 6.36. The number of carbonyl (C=O) groups is 2. The highest BCUT2D eigenvalue weighted by atomic mass is 16.6. The molecule has 3 N–H and O–H groups in total. The van der Waals surface area contributed by atoms with Gasteiger partial charge in [-0.3, -0.25) is 9.63 Å². The lowest BCUT2D eigenvalue weighted by Gasteiger charge is -2.28. The van der Waals surface area contributed by atoms with E-state index in [-0.39, 0.29) is 11.9 Å². The Morgan fingerprint density at radius 3 is 2.80 bits per heavy atom. The molecule has 7 heteroatoms. The molecule has 3 amide bonds. The van der Waals surface area contributed by atoms with E-state index in [4.69, 9.17) is 0 Å². The number of amides is 3. The van der Waals surface area contributed by atoms with Crippen molar-refractivity contribution in [2.75, 3.05) is 31.6 Å². The van der Waals surface area contributed by atoms with Gasteiger partial charge in [0.15, 0.2) is 0 Å². The Kier molecular flexibility index (Phi) is 4.78. The summed E-state index contributed by atoms with van der Waals surface area (Å²) >= 11 is 0. The second kappa shape index (κ2) is 6.76. The summed E-state index contributed by atoms with van der Waals surface area (Å²) in [5.41, 5.74) is 4.16. The summed E-state index contributed by atoms with van der Waals surface area (Å²) < 4.78 is 0. The van der Waals surface area contributed by atoms with Crippen LogP contribution < -0.4 is 21.0 Å². The van der Waals surface area contributed by atoms with Crippen molar-refractivity contribution in [1.82, 2.24) is 16.1 Å². The molecule has 0 radical (unpaired) electrons. The Labute approximate surface area is 117 Å². The Morgan fingerprint density at radius 1 is 1.40 bits per heavy atom. The minimum absolute atomic E-state index is 0.0400. The maximum atomic E-state index is 11.3. The van der Waals surface area contributed by atoms with Gasteiger partial charge in [-0.15, -0.1) is 0 Å². The van der Waals surface area contributed by atoms with E-state index in [1.165, 1.54) is 7.11 Å². The van der Waals surface area contributed by atoms with Crippen LogP contribution in [0.3, 0.4) is 0 Å². The van der Waals surface area contributed by atoms with Crippen LogP contribution in [0.25, 0.3) is 0 Å². The number of rotatable bonds is 4. The maximum Gasteiger partial charge on any atom is 0.338 e. The summed E-state index contributed by atoms with van der Waals surface area (Å²) in [5, 5.41) is 5.44. The van der Waals surface area contributed by atoms with Gasteiger partial charge in [0.2, 0.25) is 5.91 Å². The maximum absolute atomic E-state index is 11.3. The smallest absolute Gasteiger partial charge is 0.338 e. The van der Waals surface area contributed by atoms with Gasteiger partial charge < -0.3 is 15.5 Å². The van der Waals surface area contributed by atoms with Crippen molar-refractivity contribution in [2.45, 2.75) is 6.54 Å². The molecular weight excluding hydrogens is 260 g/mol. The lowest BCUT2D eigenvalue weighted by Crippen LogP contribution is -2.47. The molecule has 1 fully saturated rings. The van der Waals surface area contributed by atoms with Gasteiger partial charge in [0.05, 0.1) is 13.7 Å². The van der Waals surface area contributed by atoms with Crippen LogP contribution >= 0.6 is 0 Å². The van der Waals surface area contributed by atoms with E-state index in [0.29, 0.717) is 19.6 Å². The molecule has 20 heavy (non-hydrogen) atoms. The molecule has 2 rings (SSSR count). The van der Waals surface area contributed by atoms with Gasteiger partial charge in [0.1, 0.15) is 0 Å². The van der Waals surface area contributed by atoms with E-state index in [2.05, 4.69) is 21.0 Å². The first-order chi connectivity index (χ1) is 9.69. The number of carbonyl (C=O) groups excluding carboxylic acids is 2. The van der Waals surface area contributed by atoms with Crippen LogP contribution in [0.1, 0.15) is 5.56 Å². The van der Waals surface area contributed by atoms with Crippen molar-refractivity contribution in [1.29, 1.82) is 0 Å². The number of benzene rings is 1. The zero-order valence-corrected chi connectivity index (χ0v) is 11.3. The van der Waals surface area contributed by atoms with E-state index < -0.39 is 0 Å². The number of urea groups is 1. The van der Waals surface area contributed by atoms with Crippen molar-refractivity contribution in [3.63, 3.8) is 0 Å². The summed E-state index contributed by atoms with van der Waals surface area (Å²) in [4.78, 5) is 29.0. The quantitative estimate of drug-likeness (QED) is 0.676. The highest BCUT2D eigenvalue weighted by Gasteiger charge is 2.16. The third-order valence-corrected chi connectivity index (χ3v) is 2.99. The molecule has 1 aromatic rings. The predicted octanol–water partition coefficient (Wildman–Crippen LogP) is -0.0166. The summed E-state index contributed by atoms with van der Waals surface area (Å²) in [6.07, 6.45) is 0. The van der Waals surface area contributed by atoms with Gasteiger partial charge in [0, 0.05) is 25.3 Å². The van der Waals surface area contributed by atoms with Crippen LogP contribution in [0.4, 0.5) is 10.5 Å². The second-order valence-electron chi connectivity index (χ2n) is 4.43. The summed E-state index contributed by atoms with van der Waals surface area (Å²) in [6, 6.07) is 7.36. The average Bonchev–Trinajstić information content (AvgIpc) is 2.46. The van der Waals surface area contributed by atoms with E-state index in [1.54, 1.807) is 0 Å². The fraction of sp³-hybridized carbons (Fsp3) is 0.385. The van der Waals surface area contributed by atoms with Crippen molar-refractivity contribution in [3.8, 4) is 0 Å². The monoisotopic (exact) mass is 278 g/mol. The normalized spacial score (nSPS) is 14.7. The summed E-state index contributed by atoms with van der Waals surface area (Å²) in [7, 11) is 1.38. The largest absolute Gasteiger partial charge is 0.360 e. The number of nitrogens with zero attached hydrogens (tertiary/aromatic N) is 1. The van der Waals surface area contributed by atoms with E-state index >= 15 is 0 Å². The van der Waals surface area contributed by atoms with Gasteiger partial charge in [-0.1, -0.05) is 12.1 Å². The number of hydrogen-bond acceptors (Lipinski definition) is 4. The molecule has 1 aliphatic heterocycles. The standard InChI is InChI=1S/C13H18N4O3/c1-20-16-13(19)15-8-10-2-4-11(5-3-10)17-7-6-14-12(18)9-17/h2-5H,6-9H2,1H3,(H,14,18)(H2,15,16,19). The van der Waals surface area contributed by atoms with Gasteiger partial charge in [-0.2, -0.15) is 0 Å². The van der Waals surface area contributed by atoms with Gasteiger partial charge in [-0.25, -0.2) is 10.3 Å². The summed E-state index contributed by atoms with van der Waals surface area (Å²) in [6.45, 7) is 2.27. The molecule has 1 saturated heterocycles. The van der Waals surface area contributed by atoms with Crippen molar-refractivity contribution in [2.24, 2.45) is 0 Å². The number of hydroxylamine groups is 1. The molecule has 1 heterocycles. The van der Waals surface area contributed by atoms with Crippen LogP contribution in [-0.4, -0.2) is 38.7 Å². The highest BCUT2D eigenvalue weighted by molar-refractivity contribution is 5.82. The van der Waals surface area contributed by atoms with E-state index in [0.717, 1.165) is 17.8 Å². The van der Waals surface area contributed by atoms with E-state index in [1.807, 2.05) is 29.2 Å². The lowest BCUT2D eigenvalue weighted by molar-refractivity contribution is -0.120. The van der Waals surface area contributed by atoms with Crippen LogP contribution in [0.2, 0.25) is 0 Å². The molecular formula is C13H18N4O3. The Bertz CT molecular complexity index is 475. The molecule has 0 unspecified atom stereocenters. The Hall–Kier alpha value is -2.28. The Morgan fingerprint density at radius 2 is 2.15 bits per heavy atom. The molecule has 0 atom stereocenters. The van der Waals surface area contributed by atoms with Gasteiger partial charge in [-0.05, 0) is 17.7 Å². The van der Waals surface area contributed by atoms with Crippen LogP contribution in [0, 0.1) is 0 Å². The first kappa shape index (κ1) is 14.1. The fourth-order valence-corrected chi connectivity index (χ4v) is 1.99. The third kappa shape index (κ3) is 3.86. The Balaban J connectivity index is 1.89. The van der Waals surface area contributed by atoms with E-state index in [9.17, 15) is 9.59 Å². The number of anilines is 1. The molecule has 0 bridgehead atoms.